The van der Waals surface area contributed by atoms with Gasteiger partial charge in [-0.1, -0.05) is 93.9 Å². The number of carbonyl (C=O) groups excluding carboxylic acids is 3. The number of nitrogens with two attached hydrogens (primary N) is 1. The second kappa shape index (κ2) is 18.0. The first-order valence-corrected chi connectivity index (χ1v) is 20.0. The van der Waals surface area contributed by atoms with Crippen LogP contribution >= 0.6 is 0 Å². The highest BCUT2D eigenvalue weighted by atomic mass is 16.7. The molecule has 1 amide bonds. The maximum absolute atomic E-state index is 14.1. The van der Waals surface area contributed by atoms with Gasteiger partial charge >= 0.3 is 19.2 Å². The predicted octanol–water partition coefficient (Wildman–Crippen LogP) is 8.45. The van der Waals surface area contributed by atoms with Crippen molar-refractivity contribution in [2.45, 2.75) is 123 Å². The Bertz CT molecular complexity index is 1810. The molecule has 56 heavy (non-hydrogen) atoms. The zero-order valence-corrected chi connectivity index (χ0v) is 34.7. The van der Waals surface area contributed by atoms with Gasteiger partial charge in [-0.3, -0.25) is 4.79 Å². The average molecular weight is 769 g/mol. The molecule has 3 aromatic rings. The SMILES string of the molecule is CC[C@H]1C[C@H]([C@]2(C)OB([C@@H](CC(=O)C(N)c3ccc(CCNC(=O)OCc4ccccc4)cc3)Cc3cccc(C(=O)OC(C)(C)C)c3OC)OC2C)C1(C)C. The van der Waals surface area contributed by atoms with Gasteiger partial charge in [0.25, 0.3) is 0 Å². The molecule has 2 fully saturated rings. The van der Waals surface area contributed by atoms with E-state index in [2.05, 4.69) is 39.9 Å². The van der Waals surface area contributed by atoms with Gasteiger partial charge < -0.3 is 34.6 Å². The van der Waals surface area contributed by atoms with Crippen LogP contribution in [0.25, 0.3) is 0 Å². The molecule has 0 aromatic heterocycles. The molecule has 1 heterocycles. The van der Waals surface area contributed by atoms with Crippen LogP contribution in [0.4, 0.5) is 4.79 Å². The van der Waals surface area contributed by atoms with E-state index in [-0.39, 0.29) is 36.2 Å². The Kier molecular flexibility index (Phi) is 13.8. The number of benzene rings is 3. The zero-order chi connectivity index (χ0) is 40.8. The van der Waals surface area contributed by atoms with E-state index in [1.54, 1.807) is 12.1 Å². The molecule has 0 radical (unpaired) electrons. The molecular formula is C45H61BN2O8. The van der Waals surface area contributed by atoms with Crippen molar-refractivity contribution in [3.63, 3.8) is 0 Å². The third kappa shape index (κ3) is 10.0. The van der Waals surface area contributed by atoms with Crippen molar-refractivity contribution in [3.05, 3.63) is 101 Å². The summed E-state index contributed by atoms with van der Waals surface area (Å²) in [6.07, 6.45) is 2.50. The number of hydrogen-bond donors (Lipinski definition) is 2. The van der Waals surface area contributed by atoms with Gasteiger partial charge in [-0.25, -0.2) is 9.59 Å². The molecular weight excluding hydrogens is 707 g/mol. The Hall–Kier alpha value is -4.19. The Morgan fingerprint density at radius 3 is 2.30 bits per heavy atom. The molecule has 3 N–H and O–H groups in total. The number of rotatable bonds is 16. The molecule has 1 aliphatic carbocycles. The number of alkyl carbamates (subject to hydrolysis) is 1. The van der Waals surface area contributed by atoms with Crippen molar-refractivity contribution in [3.8, 4) is 5.75 Å². The molecule has 10 nitrogen and oxygen atoms in total. The normalized spacial score (nSPS) is 22.8. The van der Waals surface area contributed by atoms with E-state index in [0.29, 0.717) is 42.2 Å². The van der Waals surface area contributed by atoms with Gasteiger partial charge in [0, 0.05) is 18.8 Å². The van der Waals surface area contributed by atoms with E-state index in [4.69, 9.17) is 29.3 Å². The summed E-state index contributed by atoms with van der Waals surface area (Å²) >= 11 is 0. The number of para-hydroxylation sites is 1. The number of ether oxygens (including phenoxy) is 3. The summed E-state index contributed by atoms with van der Waals surface area (Å²) in [5, 5.41) is 2.79. The van der Waals surface area contributed by atoms with Crippen LogP contribution in [-0.2, 0) is 43.0 Å². The lowest BCUT2D eigenvalue weighted by Gasteiger charge is -2.59. The summed E-state index contributed by atoms with van der Waals surface area (Å²) in [6.45, 7) is 17.2. The van der Waals surface area contributed by atoms with Crippen LogP contribution in [0.1, 0.15) is 113 Å². The molecule has 11 heteroatoms. The molecule has 2 aliphatic rings. The molecule has 2 unspecified atom stereocenters. The van der Waals surface area contributed by atoms with E-state index in [1.807, 2.05) is 81.4 Å². The van der Waals surface area contributed by atoms with Crippen LogP contribution in [0.5, 0.6) is 5.75 Å². The fourth-order valence-electron chi connectivity index (χ4n) is 8.54. The fourth-order valence-corrected chi connectivity index (χ4v) is 8.54. The van der Waals surface area contributed by atoms with Crippen LogP contribution in [0.15, 0.2) is 72.8 Å². The minimum Gasteiger partial charge on any atom is -0.496 e. The van der Waals surface area contributed by atoms with Gasteiger partial charge in [0.1, 0.15) is 23.5 Å². The van der Waals surface area contributed by atoms with Crippen LogP contribution in [0.3, 0.4) is 0 Å². The number of amides is 1. The van der Waals surface area contributed by atoms with E-state index < -0.39 is 42.2 Å². The van der Waals surface area contributed by atoms with E-state index in [9.17, 15) is 14.4 Å². The molecule has 1 saturated carbocycles. The quantitative estimate of drug-likeness (QED) is 0.109. The smallest absolute Gasteiger partial charge is 0.461 e. The summed E-state index contributed by atoms with van der Waals surface area (Å²) < 4.78 is 30.4. The fraction of sp³-hybridized carbons (Fsp3) is 0.533. The average Bonchev–Trinajstić information content (AvgIpc) is 3.46. The molecule has 0 spiro atoms. The molecule has 5 rings (SSSR count). The van der Waals surface area contributed by atoms with Crippen molar-refractivity contribution in [2.24, 2.45) is 23.0 Å². The molecule has 302 valence electrons. The second-order valence-corrected chi connectivity index (χ2v) is 17.3. The standard InChI is InChI=1S/C45H61BN2O8/c1-10-34-26-38(44(34,6)7)45(8)29(2)55-46(56-45)35(25-33-17-14-18-36(40(33)52-9)41(50)54-43(3,4)5)27-37(49)39(47)32-21-19-30(20-22-32)23-24-48-42(51)53-28-31-15-12-11-13-16-31/h11-22,29,34-35,38-39H,10,23-28,47H2,1-9H3,(H,48,51)/t29?,34-,35+,38-,39?,45+/m0/s1. The predicted molar refractivity (Wildman–Crippen MR) is 218 cm³/mol. The highest BCUT2D eigenvalue weighted by Crippen LogP contribution is 2.60. The minimum atomic E-state index is -0.881. The number of nitrogens with one attached hydrogen (secondary N) is 1. The Morgan fingerprint density at radius 2 is 1.68 bits per heavy atom. The van der Waals surface area contributed by atoms with Crippen LogP contribution < -0.4 is 15.8 Å². The Balaban J connectivity index is 1.30. The van der Waals surface area contributed by atoms with Crippen LogP contribution in [0.2, 0.25) is 5.82 Å². The van der Waals surface area contributed by atoms with Gasteiger partial charge in [0.2, 0.25) is 0 Å². The summed E-state index contributed by atoms with van der Waals surface area (Å²) in [7, 11) is 0.844. The number of methoxy groups -OCH3 is 1. The van der Waals surface area contributed by atoms with Gasteiger partial charge in [-0.2, -0.15) is 0 Å². The van der Waals surface area contributed by atoms with Crippen molar-refractivity contribution >= 4 is 25.0 Å². The molecule has 0 bridgehead atoms. The summed E-state index contributed by atoms with van der Waals surface area (Å²) in [4.78, 5) is 39.5. The third-order valence-corrected chi connectivity index (χ3v) is 12.0. The lowest BCUT2D eigenvalue weighted by molar-refractivity contribution is -0.144. The topological polar surface area (TPSA) is 135 Å². The lowest BCUT2D eigenvalue weighted by atomic mass is 9.49. The summed E-state index contributed by atoms with van der Waals surface area (Å²) in [6, 6.07) is 21.6. The number of hydrogen-bond acceptors (Lipinski definition) is 9. The first-order valence-electron chi connectivity index (χ1n) is 20.0. The molecule has 3 aromatic carbocycles. The molecule has 6 atom stereocenters. The van der Waals surface area contributed by atoms with Crippen molar-refractivity contribution in [2.75, 3.05) is 13.7 Å². The summed E-state index contributed by atoms with van der Waals surface area (Å²) in [5.74, 6) is 0.225. The monoisotopic (exact) mass is 768 g/mol. The second-order valence-electron chi connectivity index (χ2n) is 17.3. The highest BCUT2D eigenvalue weighted by molar-refractivity contribution is 6.48. The number of ketones is 1. The van der Waals surface area contributed by atoms with E-state index in [0.717, 1.165) is 29.5 Å². The number of esters is 1. The van der Waals surface area contributed by atoms with Crippen molar-refractivity contribution in [1.29, 1.82) is 0 Å². The first kappa shape index (κ1) is 42.9. The Morgan fingerprint density at radius 1 is 0.982 bits per heavy atom. The largest absolute Gasteiger partial charge is 0.496 e. The third-order valence-electron chi connectivity index (χ3n) is 12.0. The lowest BCUT2D eigenvalue weighted by Crippen LogP contribution is -2.59. The first-order chi connectivity index (χ1) is 26.5. The minimum absolute atomic E-state index is 0.0802. The van der Waals surface area contributed by atoms with Gasteiger partial charge in [0.05, 0.1) is 24.9 Å². The highest BCUT2D eigenvalue weighted by Gasteiger charge is 2.62. The number of carbonyl (C=O) groups is 3. The number of Topliss-reactive ketones (excluding diaryl/α,β-unsaturated/α-hetero) is 1. The molecule has 1 saturated heterocycles. The maximum Gasteiger partial charge on any atom is 0.461 e. The van der Waals surface area contributed by atoms with Gasteiger partial charge in [0.15, 0.2) is 5.78 Å². The van der Waals surface area contributed by atoms with Crippen LogP contribution in [0, 0.1) is 17.3 Å². The van der Waals surface area contributed by atoms with Gasteiger partial charge in [-0.05, 0) is 99.5 Å². The van der Waals surface area contributed by atoms with E-state index >= 15 is 0 Å². The van der Waals surface area contributed by atoms with Gasteiger partial charge in [-0.15, -0.1) is 0 Å². The zero-order valence-electron chi connectivity index (χ0n) is 34.7. The van der Waals surface area contributed by atoms with Crippen LogP contribution in [-0.4, -0.2) is 55.9 Å². The van der Waals surface area contributed by atoms with Crippen molar-refractivity contribution < 1.29 is 37.9 Å². The molecule has 1 aliphatic heterocycles. The maximum atomic E-state index is 14.1. The van der Waals surface area contributed by atoms with E-state index in [1.165, 1.54) is 7.11 Å². The van der Waals surface area contributed by atoms with Crippen molar-refractivity contribution in [1.82, 2.24) is 5.32 Å². The Labute approximate surface area is 333 Å². The summed E-state index contributed by atoms with van der Waals surface area (Å²) in [5.41, 5.74) is 9.16.